The lowest BCUT2D eigenvalue weighted by Crippen LogP contribution is -2.54. The van der Waals surface area contributed by atoms with Crippen LogP contribution in [0.4, 0.5) is 10.1 Å². The Morgan fingerprint density at radius 2 is 1.69 bits per heavy atom. The van der Waals surface area contributed by atoms with E-state index in [1.165, 1.54) is 19.2 Å². The fraction of sp³-hybridized carbons (Fsp3) is 0.318. The number of benzene rings is 2. The summed E-state index contributed by atoms with van der Waals surface area (Å²) < 4.78 is 18.4. The third-order valence-electron chi connectivity index (χ3n) is 5.92. The standard InChI is InChI=1S/C22H21FN2O4/c1-12-4-10-15(11-5-12)25-19(26)16-17(20(25)27)22(2,21(28)29-3)24-18(16)13-6-8-14(23)9-7-13/h4-11,16-18,24H,1-3H3/t16-,17-,18-,22+/m0/s1. The zero-order valence-corrected chi connectivity index (χ0v) is 16.3. The highest BCUT2D eigenvalue weighted by Gasteiger charge is 2.67. The minimum Gasteiger partial charge on any atom is -0.468 e. The summed E-state index contributed by atoms with van der Waals surface area (Å²) in [7, 11) is 1.24. The van der Waals surface area contributed by atoms with Crippen molar-refractivity contribution in [3.63, 3.8) is 0 Å². The molecule has 0 spiro atoms. The maximum Gasteiger partial charge on any atom is 0.326 e. The van der Waals surface area contributed by atoms with Gasteiger partial charge in [-0.25, -0.2) is 9.29 Å². The van der Waals surface area contributed by atoms with Crippen molar-refractivity contribution < 1.29 is 23.5 Å². The van der Waals surface area contributed by atoms with E-state index < -0.39 is 47.0 Å². The lowest BCUT2D eigenvalue weighted by molar-refractivity contribution is -0.151. The Bertz CT molecular complexity index is 989. The van der Waals surface area contributed by atoms with Crippen molar-refractivity contribution in [1.82, 2.24) is 5.32 Å². The number of nitrogens with one attached hydrogen (secondary N) is 1. The van der Waals surface area contributed by atoms with E-state index >= 15 is 0 Å². The van der Waals surface area contributed by atoms with Crippen molar-refractivity contribution in [2.45, 2.75) is 25.4 Å². The number of halogens is 1. The van der Waals surface area contributed by atoms with Crippen molar-refractivity contribution in [2.75, 3.05) is 12.0 Å². The fourth-order valence-corrected chi connectivity index (χ4v) is 4.44. The zero-order chi connectivity index (χ0) is 20.9. The Morgan fingerprint density at radius 1 is 1.07 bits per heavy atom. The highest BCUT2D eigenvalue weighted by molar-refractivity contribution is 6.24. The molecule has 29 heavy (non-hydrogen) atoms. The number of hydrogen-bond donors (Lipinski definition) is 1. The zero-order valence-electron chi connectivity index (χ0n) is 16.3. The maximum atomic E-state index is 13.4. The molecule has 2 saturated heterocycles. The molecule has 0 unspecified atom stereocenters. The molecular weight excluding hydrogens is 375 g/mol. The number of carbonyl (C=O) groups is 3. The van der Waals surface area contributed by atoms with Crippen LogP contribution in [-0.2, 0) is 19.1 Å². The Morgan fingerprint density at radius 3 is 2.28 bits per heavy atom. The summed E-state index contributed by atoms with van der Waals surface area (Å²) in [5.41, 5.74) is 0.703. The number of rotatable bonds is 3. The Balaban J connectivity index is 1.81. The second-order valence-electron chi connectivity index (χ2n) is 7.72. The van der Waals surface area contributed by atoms with Gasteiger partial charge in [-0.05, 0) is 43.7 Å². The van der Waals surface area contributed by atoms with Gasteiger partial charge in [0.1, 0.15) is 11.4 Å². The van der Waals surface area contributed by atoms with Crippen LogP contribution in [0.3, 0.4) is 0 Å². The van der Waals surface area contributed by atoms with Gasteiger partial charge in [0.15, 0.2) is 0 Å². The molecule has 0 radical (unpaired) electrons. The first-order valence-corrected chi connectivity index (χ1v) is 9.34. The number of esters is 1. The highest BCUT2D eigenvalue weighted by atomic mass is 19.1. The van der Waals surface area contributed by atoms with Gasteiger partial charge >= 0.3 is 5.97 Å². The van der Waals surface area contributed by atoms with Crippen molar-refractivity contribution in [1.29, 1.82) is 0 Å². The summed E-state index contributed by atoms with van der Waals surface area (Å²) in [4.78, 5) is 40.5. The minimum atomic E-state index is -1.38. The molecule has 2 amide bonds. The van der Waals surface area contributed by atoms with Crippen LogP contribution >= 0.6 is 0 Å². The highest BCUT2D eigenvalue weighted by Crippen LogP contribution is 2.49. The van der Waals surface area contributed by atoms with Crippen LogP contribution in [0.5, 0.6) is 0 Å². The Labute approximate surface area is 167 Å². The first-order chi connectivity index (χ1) is 13.8. The van der Waals surface area contributed by atoms with Crippen molar-refractivity contribution in [3.8, 4) is 0 Å². The van der Waals surface area contributed by atoms with Crippen molar-refractivity contribution in [3.05, 3.63) is 65.5 Å². The van der Waals surface area contributed by atoms with Crippen LogP contribution in [0, 0.1) is 24.6 Å². The lowest BCUT2D eigenvalue weighted by atomic mass is 9.80. The fourth-order valence-electron chi connectivity index (χ4n) is 4.44. The van der Waals surface area contributed by atoms with Crippen LogP contribution in [-0.4, -0.2) is 30.4 Å². The van der Waals surface area contributed by atoms with E-state index in [-0.39, 0.29) is 0 Å². The molecule has 4 atom stereocenters. The van der Waals surface area contributed by atoms with Crippen LogP contribution in [0.1, 0.15) is 24.1 Å². The largest absolute Gasteiger partial charge is 0.468 e. The summed E-state index contributed by atoms with van der Waals surface area (Å²) in [5, 5.41) is 3.13. The molecule has 1 N–H and O–H groups in total. The van der Waals surface area contributed by atoms with Gasteiger partial charge < -0.3 is 4.74 Å². The van der Waals surface area contributed by atoms with E-state index in [1.807, 2.05) is 19.1 Å². The number of imide groups is 1. The number of amides is 2. The minimum absolute atomic E-state index is 0.390. The number of carbonyl (C=O) groups excluding carboxylic acids is 3. The predicted octanol–water partition coefficient (Wildman–Crippen LogP) is 2.52. The van der Waals surface area contributed by atoms with Crippen molar-refractivity contribution in [2.24, 2.45) is 11.8 Å². The number of aryl methyl sites for hydroxylation is 1. The molecule has 0 bridgehead atoms. The molecule has 4 rings (SSSR count). The topological polar surface area (TPSA) is 75.7 Å². The van der Waals surface area contributed by atoms with E-state index in [1.54, 1.807) is 31.2 Å². The molecule has 2 aliphatic rings. The Hall–Kier alpha value is -3.06. The van der Waals surface area contributed by atoms with Crippen LogP contribution < -0.4 is 10.2 Å². The molecular formula is C22H21FN2O4. The third kappa shape index (κ3) is 2.84. The van der Waals surface area contributed by atoms with Crippen LogP contribution in [0.2, 0.25) is 0 Å². The quantitative estimate of drug-likeness (QED) is 0.637. The summed E-state index contributed by atoms with van der Waals surface area (Å²) in [6, 6.07) is 12.1. The molecule has 2 aliphatic heterocycles. The Kier molecular flexibility index (Phi) is 4.50. The van der Waals surface area contributed by atoms with Crippen molar-refractivity contribution >= 4 is 23.5 Å². The van der Waals surface area contributed by atoms with Crippen LogP contribution in [0.25, 0.3) is 0 Å². The molecule has 2 aromatic carbocycles. The average Bonchev–Trinajstić information content (AvgIpc) is 3.17. The molecule has 0 aromatic heterocycles. The van der Waals surface area contributed by atoms with Gasteiger partial charge in [-0.2, -0.15) is 0 Å². The van der Waals surface area contributed by atoms with E-state index in [0.29, 0.717) is 11.3 Å². The van der Waals surface area contributed by atoms with Gasteiger partial charge in [0, 0.05) is 6.04 Å². The molecule has 2 fully saturated rings. The lowest BCUT2D eigenvalue weighted by Gasteiger charge is -2.28. The molecule has 0 saturated carbocycles. The van der Waals surface area contributed by atoms with E-state index in [4.69, 9.17) is 4.74 Å². The van der Waals surface area contributed by atoms with E-state index in [9.17, 15) is 18.8 Å². The monoisotopic (exact) mass is 396 g/mol. The molecule has 0 aliphatic carbocycles. The number of fused-ring (bicyclic) bond motifs is 1. The summed E-state index contributed by atoms with van der Waals surface area (Å²) in [5.74, 6) is -3.61. The summed E-state index contributed by atoms with van der Waals surface area (Å²) >= 11 is 0. The predicted molar refractivity (Wildman–Crippen MR) is 103 cm³/mol. The first kappa shape index (κ1) is 19.3. The normalized spacial score (nSPS) is 28.6. The van der Waals surface area contributed by atoms with Gasteiger partial charge in [0.25, 0.3) is 0 Å². The first-order valence-electron chi connectivity index (χ1n) is 9.34. The third-order valence-corrected chi connectivity index (χ3v) is 5.92. The summed E-state index contributed by atoms with van der Waals surface area (Å²) in [6.45, 7) is 3.48. The van der Waals surface area contributed by atoms with Crippen LogP contribution in [0.15, 0.2) is 48.5 Å². The second kappa shape index (κ2) is 6.77. The molecule has 2 aromatic rings. The van der Waals surface area contributed by atoms with E-state index in [2.05, 4.69) is 5.32 Å². The van der Waals surface area contributed by atoms with Gasteiger partial charge in [0.2, 0.25) is 11.8 Å². The molecule has 2 heterocycles. The summed E-state index contributed by atoms with van der Waals surface area (Å²) in [6.07, 6.45) is 0. The molecule has 6 nitrogen and oxygen atoms in total. The smallest absolute Gasteiger partial charge is 0.326 e. The number of hydrogen-bond acceptors (Lipinski definition) is 5. The molecule has 7 heteroatoms. The SMILES string of the molecule is COC(=O)[C@]1(C)N[C@@H](c2ccc(F)cc2)[C@H]2C(=O)N(c3ccc(C)cc3)C(=O)[C@H]21. The number of nitrogens with zero attached hydrogens (tertiary/aromatic N) is 1. The van der Waals surface area contributed by atoms with Gasteiger partial charge in [-0.15, -0.1) is 0 Å². The number of ether oxygens (including phenoxy) is 1. The van der Waals surface area contributed by atoms with Gasteiger partial charge in [-0.1, -0.05) is 29.8 Å². The number of anilines is 1. The maximum absolute atomic E-state index is 13.4. The van der Waals surface area contributed by atoms with E-state index in [0.717, 1.165) is 10.5 Å². The van der Waals surface area contributed by atoms with Gasteiger partial charge in [0.05, 0.1) is 24.6 Å². The second-order valence-corrected chi connectivity index (χ2v) is 7.72. The van der Waals surface area contributed by atoms with Gasteiger partial charge in [-0.3, -0.25) is 19.7 Å². The average molecular weight is 396 g/mol. The molecule has 150 valence electrons. The number of methoxy groups -OCH3 is 1.